The van der Waals surface area contributed by atoms with Crippen LogP contribution in [0.5, 0.6) is 0 Å². The van der Waals surface area contributed by atoms with Crippen molar-refractivity contribution < 1.29 is 0 Å². The maximum atomic E-state index is 12.1. The van der Waals surface area contributed by atoms with Gasteiger partial charge in [0.2, 0.25) is 0 Å². The van der Waals surface area contributed by atoms with Crippen LogP contribution in [0.3, 0.4) is 0 Å². The third-order valence-corrected chi connectivity index (χ3v) is 3.27. The van der Waals surface area contributed by atoms with Crippen LogP contribution in [0.1, 0.15) is 18.9 Å². The highest BCUT2D eigenvalue weighted by atomic mass is 16.1. The SMILES string of the molecule is CCCN(C)c1cnn(Cc2ccc(NC)nc2)c(=O)c1. The molecule has 0 aliphatic rings. The lowest BCUT2D eigenvalue weighted by Crippen LogP contribution is -2.26. The van der Waals surface area contributed by atoms with Crippen LogP contribution in [0.15, 0.2) is 35.4 Å². The summed E-state index contributed by atoms with van der Waals surface area (Å²) < 4.78 is 1.44. The number of nitrogens with one attached hydrogen (secondary N) is 1. The molecular weight excluding hydrogens is 266 g/mol. The van der Waals surface area contributed by atoms with Crippen LogP contribution < -0.4 is 15.8 Å². The molecule has 0 saturated carbocycles. The standard InChI is InChI=1S/C15H21N5O/c1-4-7-19(3)13-8-15(21)20(18-10-13)11-12-5-6-14(16-2)17-9-12/h5-6,8-10H,4,7,11H2,1-3H3,(H,16,17). The zero-order valence-electron chi connectivity index (χ0n) is 12.7. The summed E-state index contributed by atoms with van der Waals surface area (Å²) in [6.45, 7) is 3.43. The molecule has 2 aromatic rings. The first-order chi connectivity index (χ1) is 10.1. The zero-order valence-corrected chi connectivity index (χ0v) is 12.7. The lowest BCUT2D eigenvalue weighted by Gasteiger charge is -2.17. The van der Waals surface area contributed by atoms with Crippen molar-refractivity contribution in [2.75, 3.05) is 30.9 Å². The molecule has 0 aromatic carbocycles. The van der Waals surface area contributed by atoms with Gasteiger partial charge in [-0.1, -0.05) is 13.0 Å². The smallest absolute Gasteiger partial charge is 0.269 e. The van der Waals surface area contributed by atoms with Crippen LogP contribution in [-0.2, 0) is 6.54 Å². The molecule has 0 fully saturated rings. The van der Waals surface area contributed by atoms with Crippen LogP contribution in [0.2, 0.25) is 0 Å². The highest BCUT2D eigenvalue weighted by Crippen LogP contribution is 2.08. The van der Waals surface area contributed by atoms with Gasteiger partial charge in [0.1, 0.15) is 5.82 Å². The molecule has 0 saturated heterocycles. The first-order valence-electron chi connectivity index (χ1n) is 7.05. The van der Waals surface area contributed by atoms with Crippen LogP contribution in [0, 0.1) is 0 Å². The van der Waals surface area contributed by atoms with Crippen molar-refractivity contribution in [3.8, 4) is 0 Å². The second-order valence-corrected chi connectivity index (χ2v) is 4.93. The van der Waals surface area contributed by atoms with E-state index in [1.807, 2.05) is 31.1 Å². The minimum atomic E-state index is -0.104. The number of nitrogens with zero attached hydrogens (tertiary/aromatic N) is 4. The molecule has 0 unspecified atom stereocenters. The van der Waals surface area contributed by atoms with Crippen LogP contribution in [0.25, 0.3) is 0 Å². The molecule has 2 rings (SSSR count). The summed E-state index contributed by atoms with van der Waals surface area (Å²) in [6.07, 6.45) is 4.51. The van der Waals surface area contributed by atoms with Gasteiger partial charge in [-0.2, -0.15) is 5.10 Å². The second kappa shape index (κ2) is 6.88. The second-order valence-electron chi connectivity index (χ2n) is 4.93. The molecule has 0 amide bonds. The quantitative estimate of drug-likeness (QED) is 0.874. The van der Waals surface area contributed by atoms with E-state index in [1.54, 1.807) is 18.5 Å². The fourth-order valence-electron chi connectivity index (χ4n) is 2.05. The van der Waals surface area contributed by atoms with Crippen LogP contribution in [-0.4, -0.2) is 35.4 Å². The summed E-state index contributed by atoms with van der Waals surface area (Å²) in [5, 5.41) is 7.20. The maximum Gasteiger partial charge on any atom is 0.269 e. The molecule has 0 spiro atoms. The average molecular weight is 287 g/mol. The van der Waals surface area contributed by atoms with Crippen LogP contribution in [0.4, 0.5) is 11.5 Å². The van der Waals surface area contributed by atoms with Gasteiger partial charge in [0.25, 0.3) is 5.56 Å². The van der Waals surface area contributed by atoms with Crippen molar-refractivity contribution in [1.82, 2.24) is 14.8 Å². The van der Waals surface area contributed by atoms with Crippen molar-refractivity contribution >= 4 is 11.5 Å². The first kappa shape index (κ1) is 15.0. The molecule has 0 aliphatic carbocycles. The lowest BCUT2D eigenvalue weighted by atomic mass is 10.3. The van der Waals surface area contributed by atoms with E-state index >= 15 is 0 Å². The van der Waals surface area contributed by atoms with Crippen molar-refractivity contribution in [1.29, 1.82) is 0 Å². The predicted octanol–water partition coefficient (Wildman–Crippen LogP) is 1.57. The Kier molecular flexibility index (Phi) is 4.92. The Balaban J connectivity index is 2.15. The summed E-state index contributed by atoms with van der Waals surface area (Å²) in [6, 6.07) is 5.44. The minimum Gasteiger partial charge on any atom is -0.373 e. The minimum absolute atomic E-state index is 0.104. The predicted molar refractivity (Wildman–Crippen MR) is 84.9 cm³/mol. The first-order valence-corrected chi connectivity index (χ1v) is 7.05. The molecule has 0 atom stereocenters. The van der Waals surface area contributed by atoms with Crippen molar-refractivity contribution in [3.05, 3.63) is 46.5 Å². The molecule has 6 heteroatoms. The average Bonchev–Trinajstić information content (AvgIpc) is 2.50. The van der Waals surface area contributed by atoms with E-state index in [9.17, 15) is 4.79 Å². The van der Waals surface area contributed by atoms with E-state index in [0.717, 1.165) is 30.0 Å². The van der Waals surface area contributed by atoms with Gasteiger partial charge in [-0.15, -0.1) is 0 Å². The molecule has 1 N–H and O–H groups in total. The Morgan fingerprint density at radius 3 is 2.71 bits per heavy atom. The van der Waals surface area contributed by atoms with Crippen molar-refractivity contribution in [3.63, 3.8) is 0 Å². The Morgan fingerprint density at radius 1 is 1.33 bits per heavy atom. The van der Waals surface area contributed by atoms with Gasteiger partial charge < -0.3 is 10.2 Å². The molecule has 2 aromatic heterocycles. The van der Waals surface area contributed by atoms with Gasteiger partial charge in [-0.3, -0.25) is 4.79 Å². The van der Waals surface area contributed by atoms with Crippen molar-refractivity contribution in [2.45, 2.75) is 19.9 Å². The van der Waals surface area contributed by atoms with Gasteiger partial charge in [0, 0.05) is 32.9 Å². The maximum absolute atomic E-state index is 12.1. The monoisotopic (exact) mass is 287 g/mol. The summed E-state index contributed by atoms with van der Waals surface area (Å²) >= 11 is 0. The highest BCUT2D eigenvalue weighted by Gasteiger charge is 2.05. The van der Waals surface area contributed by atoms with Gasteiger partial charge in [0.15, 0.2) is 0 Å². The summed E-state index contributed by atoms with van der Waals surface area (Å²) in [5.74, 6) is 0.801. The summed E-state index contributed by atoms with van der Waals surface area (Å²) in [4.78, 5) is 18.4. The molecule has 112 valence electrons. The van der Waals surface area contributed by atoms with E-state index in [0.29, 0.717) is 6.54 Å². The van der Waals surface area contributed by atoms with E-state index in [1.165, 1.54) is 4.68 Å². The van der Waals surface area contributed by atoms with Gasteiger partial charge in [0.05, 0.1) is 18.4 Å². The topological polar surface area (TPSA) is 63.1 Å². The number of pyridine rings is 1. The zero-order chi connectivity index (χ0) is 15.2. The van der Waals surface area contributed by atoms with Gasteiger partial charge in [-0.25, -0.2) is 9.67 Å². The number of rotatable bonds is 6. The molecule has 21 heavy (non-hydrogen) atoms. The molecule has 2 heterocycles. The Labute approximate surface area is 124 Å². The molecule has 0 radical (unpaired) electrons. The van der Waals surface area contributed by atoms with Gasteiger partial charge >= 0.3 is 0 Å². The molecular formula is C15H21N5O. The van der Waals surface area contributed by atoms with E-state index < -0.39 is 0 Å². The third kappa shape index (κ3) is 3.81. The Hall–Kier alpha value is -2.37. The number of anilines is 2. The van der Waals surface area contributed by atoms with Crippen molar-refractivity contribution in [2.24, 2.45) is 0 Å². The third-order valence-electron chi connectivity index (χ3n) is 3.27. The molecule has 0 aliphatic heterocycles. The normalized spacial score (nSPS) is 10.4. The van der Waals surface area contributed by atoms with E-state index in [2.05, 4.69) is 22.3 Å². The molecule has 6 nitrogen and oxygen atoms in total. The molecule has 0 bridgehead atoms. The Bertz CT molecular complexity index is 635. The van der Waals surface area contributed by atoms with E-state index in [4.69, 9.17) is 0 Å². The summed E-state index contributed by atoms with van der Waals surface area (Å²) in [7, 11) is 3.78. The number of aromatic nitrogens is 3. The fraction of sp³-hybridized carbons (Fsp3) is 0.400. The lowest BCUT2D eigenvalue weighted by molar-refractivity contribution is 0.635. The number of hydrogen-bond donors (Lipinski definition) is 1. The fourth-order valence-corrected chi connectivity index (χ4v) is 2.05. The largest absolute Gasteiger partial charge is 0.373 e. The summed E-state index contributed by atoms with van der Waals surface area (Å²) in [5.41, 5.74) is 1.69. The Morgan fingerprint density at radius 2 is 2.14 bits per heavy atom. The van der Waals surface area contributed by atoms with E-state index in [-0.39, 0.29) is 5.56 Å². The van der Waals surface area contributed by atoms with Gasteiger partial charge in [-0.05, 0) is 18.1 Å². The number of hydrogen-bond acceptors (Lipinski definition) is 5. The van der Waals surface area contributed by atoms with Crippen LogP contribution >= 0.6 is 0 Å². The highest BCUT2D eigenvalue weighted by molar-refractivity contribution is 5.41.